The minimum Gasteiger partial charge on any atom is -0.494 e. The lowest BCUT2D eigenvalue weighted by molar-refractivity contribution is 0.0991. The average Bonchev–Trinajstić information content (AvgIpc) is 2.44. The summed E-state index contributed by atoms with van der Waals surface area (Å²) in [6, 6.07) is 10.2. The molecule has 0 amide bonds. The molecule has 2 rings (SSSR count). The van der Waals surface area contributed by atoms with E-state index < -0.39 is 5.82 Å². The highest BCUT2D eigenvalue weighted by Crippen LogP contribution is 2.22. The first kappa shape index (κ1) is 14.7. The van der Waals surface area contributed by atoms with Crippen molar-refractivity contribution in [2.75, 3.05) is 7.11 Å². The second-order valence-corrected chi connectivity index (χ2v) is 5.35. The first-order valence-corrected chi connectivity index (χ1v) is 6.93. The summed E-state index contributed by atoms with van der Waals surface area (Å²) in [7, 11) is 1.40. The number of Topliss-reactive ketones (excluding diaryl/α,β-unsaturated/α-hetero) is 1. The van der Waals surface area contributed by atoms with Gasteiger partial charge in [-0.1, -0.05) is 34.1 Å². The van der Waals surface area contributed by atoms with Crippen molar-refractivity contribution >= 4 is 21.7 Å². The van der Waals surface area contributed by atoms with Gasteiger partial charge in [0.05, 0.1) is 7.11 Å². The summed E-state index contributed by atoms with van der Waals surface area (Å²) in [4.78, 5) is 12.2. The highest BCUT2D eigenvalue weighted by atomic mass is 79.9. The maximum Gasteiger partial charge on any atom is 0.168 e. The third kappa shape index (κ3) is 3.07. The van der Waals surface area contributed by atoms with Gasteiger partial charge in [-0.3, -0.25) is 4.79 Å². The summed E-state index contributed by atoms with van der Waals surface area (Å²) >= 11 is 3.39. The lowest BCUT2D eigenvalue weighted by Gasteiger charge is -2.07. The molecule has 0 unspecified atom stereocenters. The van der Waals surface area contributed by atoms with E-state index in [1.807, 2.05) is 13.0 Å². The van der Waals surface area contributed by atoms with Crippen molar-refractivity contribution in [2.24, 2.45) is 0 Å². The zero-order valence-electron chi connectivity index (χ0n) is 11.2. The van der Waals surface area contributed by atoms with E-state index in [1.54, 1.807) is 24.3 Å². The lowest BCUT2D eigenvalue weighted by atomic mass is 10.0. The van der Waals surface area contributed by atoms with Crippen molar-refractivity contribution in [3.05, 3.63) is 63.4 Å². The third-order valence-corrected chi connectivity index (χ3v) is 3.98. The zero-order chi connectivity index (χ0) is 14.7. The number of rotatable bonds is 4. The van der Waals surface area contributed by atoms with Crippen LogP contribution in [0.5, 0.6) is 5.75 Å². The quantitative estimate of drug-likeness (QED) is 0.776. The largest absolute Gasteiger partial charge is 0.494 e. The predicted octanol–water partition coefficient (Wildman–Crippen LogP) is 4.33. The Kier molecular flexibility index (Phi) is 4.55. The Morgan fingerprint density at radius 2 is 2.05 bits per heavy atom. The molecule has 0 aliphatic heterocycles. The van der Waals surface area contributed by atoms with E-state index in [9.17, 15) is 9.18 Å². The monoisotopic (exact) mass is 336 g/mol. The van der Waals surface area contributed by atoms with Gasteiger partial charge in [0.15, 0.2) is 17.3 Å². The number of halogens is 2. The van der Waals surface area contributed by atoms with Crippen LogP contribution >= 0.6 is 15.9 Å². The highest BCUT2D eigenvalue weighted by molar-refractivity contribution is 9.10. The van der Waals surface area contributed by atoms with Crippen molar-refractivity contribution in [1.82, 2.24) is 0 Å². The van der Waals surface area contributed by atoms with Crippen LogP contribution in [0.2, 0.25) is 0 Å². The van der Waals surface area contributed by atoms with Gasteiger partial charge in [0.2, 0.25) is 0 Å². The Morgan fingerprint density at radius 1 is 1.30 bits per heavy atom. The van der Waals surface area contributed by atoms with Crippen LogP contribution in [-0.4, -0.2) is 12.9 Å². The molecule has 0 aliphatic rings. The number of benzene rings is 2. The molecular formula is C16H14BrFO2. The van der Waals surface area contributed by atoms with E-state index in [0.29, 0.717) is 11.1 Å². The van der Waals surface area contributed by atoms with Gasteiger partial charge in [-0.15, -0.1) is 0 Å². The van der Waals surface area contributed by atoms with Gasteiger partial charge in [0.1, 0.15) is 0 Å². The van der Waals surface area contributed by atoms with Crippen LogP contribution in [0, 0.1) is 12.7 Å². The molecule has 0 aromatic heterocycles. The number of carbonyl (C=O) groups excluding carboxylic acids is 1. The molecule has 0 bridgehead atoms. The summed E-state index contributed by atoms with van der Waals surface area (Å²) < 4.78 is 19.9. The number of carbonyl (C=O) groups is 1. The molecule has 0 radical (unpaired) electrons. The molecule has 0 saturated carbocycles. The van der Waals surface area contributed by atoms with E-state index in [4.69, 9.17) is 4.74 Å². The fourth-order valence-corrected chi connectivity index (χ4v) is 2.19. The molecule has 0 N–H and O–H groups in total. The van der Waals surface area contributed by atoms with Crippen LogP contribution in [0.3, 0.4) is 0 Å². The van der Waals surface area contributed by atoms with Gasteiger partial charge in [0, 0.05) is 16.5 Å². The Bertz CT molecular complexity index is 653. The summed E-state index contributed by atoms with van der Waals surface area (Å²) in [5.74, 6) is -0.438. The van der Waals surface area contributed by atoms with E-state index >= 15 is 0 Å². The number of aryl methyl sites for hydroxylation is 1. The summed E-state index contributed by atoms with van der Waals surface area (Å²) in [5, 5.41) is 0. The second kappa shape index (κ2) is 6.18. The van der Waals surface area contributed by atoms with Gasteiger partial charge < -0.3 is 4.74 Å². The minimum atomic E-state index is -0.475. The molecule has 4 heteroatoms. The summed E-state index contributed by atoms with van der Waals surface area (Å²) in [5.41, 5.74) is 1.89. The number of ketones is 1. The Morgan fingerprint density at radius 3 is 2.70 bits per heavy atom. The van der Waals surface area contributed by atoms with Gasteiger partial charge in [-0.2, -0.15) is 0 Å². The Hall–Kier alpha value is -1.68. The Labute approximate surface area is 125 Å². The number of hydrogen-bond donors (Lipinski definition) is 0. The van der Waals surface area contributed by atoms with Gasteiger partial charge >= 0.3 is 0 Å². The zero-order valence-corrected chi connectivity index (χ0v) is 12.8. The molecule has 2 aromatic carbocycles. The van der Waals surface area contributed by atoms with Crippen LogP contribution in [0.1, 0.15) is 21.5 Å². The molecule has 0 atom stereocenters. The van der Waals surface area contributed by atoms with Crippen LogP contribution in [0.15, 0.2) is 40.9 Å². The summed E-state index contributed by atoms with van der Waals surface area (Å²) in [6.45, 7) is 1.91. The Balaban J connectivity index is 2.25. The molecule has 0 saturated heterocycles. The first-order valence-electron chi connectivity index (χ1n) is 6.13. The smallest absolute Gasteiger partial charge is 0.168 e. The normalized spacial score (nSPS) is 10.4. The molecule has 20 heavy (non-hydrogen) atoms. The first-order chi connectivity index (χ1) is 9.52. The third-order valence-electron chi connectivity index (χ3n) is 3.09. The number of ether oxygens (including phenoxy) is 1. The molecule has 0 spiro atoms. The maximum absolute atomic E-state index is 14.0. The van der Waals surface area contributed by atoms with Gasteiger partial charge in [-0.25, -0.2) is 4.39 Å². The maximum atomic E-state index is 14.0. The fraction of sp³-hybridized carbons (Fsp3) is 0.188. The molecule has 104 valence electrons. The van der Waals surface area contributed by atoms with Crippen molar-refractivity contribution in [3.63, 3.8) is 0 Å². The van der Waals surface area contributed by atoms with Crippen LogP contribution < -0.4 is 4.74 Å². The van der Waals surface area contributed by atoms with Crippen LogP contribution in [0.4, 0.5) is 4.39 Å². The second-order valence-electron chi connectivity index (χ2n) is 4.50. The van der Waals surface area contributed by atoms with E-state index in [2.05, 4.69) is 15.9 Å². The average molecular weight is 337 g/mol. The summed E-state index contributed by atoms with van der Waals surface area (Å²) in [6.07, 6.45) is 0.0180. The molecular weight excluding hydrogens is 323 g/mol. The van der Waals surface area contributed by atoms with Crippen molar-refractivity contribution in [1.29, 1.82) is 0 Å². The van der Waals surface area contributed by atoms with Gasteiger partial charge in [0.25, 0.3) is 0 Å². The standard InChI is InChI=1S/C16H14BrFO2/c1-10-8-11(6-7-13(10)17)14(19)9-12-4-3-5-15(20-2)16(12)18/h3-8H,9H2,1-2H3. The van der Waals surface area contributed by atoms with Crippen LogP contribution in [0.25, 0.3) is 0 Å². The number of methoxy groups -OCH3 is 1. The van der Waals surface area contributed by atoms with Crippen LogP contribution in [-0.2, 0) is 6.42 Å². The van der Waals surface area contributed by atoms with E-state index in [1.165, 1.54) is 13.2 Å². The van der Waals surface area contributed by atoms with E-state index in [-0.39, 0.29) is 18.0 Å². The number of hydrogen-bond acceptors (Lipinski definition) is 2. The molecule has 0 fully saturated rings. The van der Waals surface area contributed by atoms with Crippen molar-refractivity contribution in [2.45, 2.75) is 13.3 Å². The van der Waals surface area contributed by atoms with Gasteiger partial charge in [-0.05, 0) is 36.2 Å². The SMILES string of the molecule is COc1cccc(CC(=O)c2ccc(Br)c(C)c2)c1F. The fourth-order valence-electron chi connectivity index (χ4n) is 1.94. The molecule has 0 aliphatic carbocycles. The molecule has 0 heterocycles. The minimum absolute atomic E-state index is 0.0180. The highest BCUT2D eigenvalue weighted by Gasteiger charge is 2.14. The van der Waals surface area contributed by atoms with E-state index in [0.717, 1.165) is 10.0 Å². The molecule has 2 aromatic rings. The predicted molar refractivity (Wildman–Crippen MR) is 79.9 cm³/mol. The topological polar surface area (TPSA) is 26.3 Å². The van der Waals surface area contributed by atoms with Crippen molar-refractivity contribution in [3.8, 4) is 5.75 Å². The molecule has 2 nitrogen and oxygen atoms in total. The van der Waals surface area contributed by atoms with Crippen molar-refractivity contribution < 1.29 is 13.9 Å². The lowest BCUT2D eigenvalue weighted by Crippen LogP contribution is -2.06.